The van der Waals surface area contributed by atoms with E-state index in [9.17, 15) is 10.1 Å². The molecule has 0 saturated heterocycles. The molecule has 0 amide bonds. The molecule has 2 aromatic rings. The summed E-state index contributed by atoms with van der Waals surface area (Å²) < 4.78 is 0. The molecule has 2 aromatic carbocycles. The van der Waals surface area contributed by atoms with Crippen LogP contribution in [0.15, 0.2) is 48.5 Å². The summed E-state index contributed by atoms with van der Waals surface area (Å²) >= 11 is 0. The van der Waals surface area contributed by atoms with E-state index in [-0.39, 0.29) is 10.6 Å². The Hall–Kier alpha value is -2.36. The second kappa shape index (κ2) is 5.95. The number of nitro benzene ring substituents is 1. The molecule has 0 aromatic heterocycles. The molecule has 1 N–H and O–H groups in total. The van der Waals surface area contributed by atoms with Crippen molar-refractivity contribution in [2.45, 2.75) is 19.3 Å². The van der Waals surface area contributed by atoms with Gasteiger partial charge in [-0.25, -0.2) is 0 Å². The molecule has 4 heteroatoms. The zero-order valence-corrected chi connectivity index (χ0v) is 11.8. The van der Waals surface area contributed by atoms with Crippen LogP contribution in [0.4, 0.5) is 11.4 Å². The normalized spacial score (nSPS) is 13.9. The summed E-state index contributed by atoms with van der Waals surface area (Å²) in [7, 11) is 0. The lowest BCUT2D eigenvalue weighted by molar-refractivity contribution is -0.384. The average Bonchev–Trinajstić information content (AvgIpc) is 3.32. The Kier molecular flexibility index (Phi) is 3.86. The standard InChI is InChI=1S/C17H18N2O2/c20-19(21)16-8-4-7-15(18-12-11-13-9-10-13)17(16)14-5-2-1-3-6-14/h1-8,13,18H,9-12H2. The quantitative estimate of drug-likeness (QED) is 0.628. The third-order valence-corrected chi connectivity index (χ3v) is 3.87. The Morgan fingerprint density at radius 3 is 2.52 bits per heavy atom. The molecular formula is C17H18N2O2. The Morgan fingerprint density at radius 1 is 1.10 bits per heavy atom. The highest BCUT2D eigenvalue weighted by Gasteiger charge is 2.22. The lowest BCUT2D eigenvalue weighted by atomic mass is 10.0. The van der Waals surface area contributed by atoms with Gasteiger partial charge in [0.05, 0.1) is 10.5 Å². The predicted molar refractivity (Wildman–Crippen MR) is 84.4 cm³/mol. The topological polar surface area (TPSA) is 55.2 Å². The Balaban J connectivity index is 1.93. The van der Waals surface area contributed by atoms with Gasteiger partial charge in [0, 0.05) is 18.3 Å². The number of nitrogens with one attached hydrogen (secondary N) is 1. The summed E-state index contributed by atoms with van der Waals surface area (Å²) in [5, 5.41) is 14.7. The first-order valence-corrected chi connectivity index (χ1v) is 7.32. The summed E-state index contributed by atoms with van der Waals surface area (Å²) in [5.74, 6) is 0.844. The molecule has 4 nitrogen and oxygen atoms in total. The molecule has 1 fully saturated rings. The highest BCUT2D eigenvalue weighted by Crippen LogP contribution is 2.37. The van der Waals surface area contributed by atoms with Crippen molar-refractivity contribution in [3.63, 3.8) is 0 Å². The first-order valence-electron chi connectivity index (χ1n) is 7.32. The van der Waals surface area contributed by atoms with E-state index in [1.807, 2.05) is 36.4 Å². The second-order valence-corrected chi connectivity index (χ2v) is 5.48. The van der Waals surface area contributed by atoms with Gasteiger partial charge in [0.1, 0.15) is 0 Å². The fourth-order valence-electron chi connectivity index (χ4n) is 2.57. The van der Waals surface area contributed by atoms with Crippen molar-refractivity contribution in [3.8, 4) is 11.1 Å². The van der Waals surface area contributed by atoms with Crippen LogP contribution in [-0.4, -0.2) is 11.5 Å². The van der Waals surface area contributed by atoms with Gasteiger partial charge in [0.15, 0.2) is 0 Å². The molecule has 0 bridgehead atoms. The van der Waals surface area contributed by atoms with E-state index in [0.717, 1.165) is 30.1 Å². The molecule has 108 valence electrons. The molecule has 1 saturated carbocycles. The van der Waals surface area contributed by atoms with E-state index >= 15 is 0 Å². The van der Waals surface area contributed by atoms with Crippen molar-refractivity contribution >= 4 is 11.4 Å². The first-order chi connectivity index (χ1) is 10.3. The molecular weight excluding hydrogens is 264 g/mol. The van der Waals surface area contributed by atoms with Crippen molar-refractivity contribution < 1.29 is 4.92 Å². The molecule has 0 atom stereocenters. The summed E-state index contributed by atoms with van der Waals surface area (Å²) in [5.41, 5.74) is 2.55. The van der Waals surface area contributed by atoms with Gasteiger partial charge < -0.3 is 5.32 Å². The third kappa shape index (κ3) is 3.21. The molecule has 21 heavy (non-hydrogen) atoms. The van der Waals surface area contributed by atoms with Gasteiger partial charge in [-0.05, 0) is 24.0 Å². The van der Waals surface area contributed by atoms with Crippen LogP contribution >= 0.6 is 0 Å². The lowest BCUT2D eigenvalue weighted by Gasteiger charge is -2.12. The summed E-state index contributed by atoms with van der Waals surface area (Å²) in [4.78, 5) is 11.0. The molecule has 3 rings (SSSR count). The molecule has 0 heterocycles. The van der Waals surface area contributed by atoms with Crippen molar-refractivity contribution in [1.29, 1.82) is 0 Å². The molecule has 0 aliphatic heterocycles. The van der Waals surface area contributed by atoms with Gasteiger partial charge in [0.25, 0.3) is 5.69 Å². The summed E-state index contributed by atoms with van der Waals surface area (Å²) in [6.07, 6.45) is 3.78. The second-order valence-electron chi connectivity index (χ2n) is 5.48. The van der Waals surface area contributed by atoms with Crippen LogP contribution in [0.3, 0.4) is 0 Å². The smallest absolute Gasteiger partial charge is 0.279 e. The molecule has 0 radical (unpaired) electrons. The average molecular weight is 282 g/mol. The monoisotopic (exact) mass is 282 g/mol. The number of hydrogen-bond donors (Lipinski definition) is 1. The first kappa shape index (κ1) is 13.6. The zero-order valence-electron chi connectivity index (χ0n) is 11.8. The van der Waals surface area contributed by atoms with Gasteiger partial charge in [-0.15, -0.1) is 0 Å². The highest BCUT2D eigenvalue weighted by molar-refractivity contribution is 5.85. The Morgan fingerprint density at radius 2 is 1.86 bits per heavy atom. The Bertz CT molecular complexity index is 636. The maximum absolute atomic E-state index is 11.3. The van der Waals surface area contributed by atoms with Gasteiger partial charge in [-0.1, -0.05) is 49.2 Å². The van der Waals surface area contributed by atoms with Gasteiger partial charge in [-0.2, -0.15) is 0 Å². The minimum atomic E-state index is -0.311. The van der Waals surface area contributed by atoms with Crippen LogP contribution in [0, 0.1) is 16.0 Å². The fourth-order valence-corrected chi connectivity index (χ4v) is 2.57. The third-order valence-electron chi connectivity index (χ3n) is 3.87. The van der Waals surface area contributed by atoms with Gasteiger partial charge in [-0.3, -0.25) is 10.1 Å². The zero-order chi connectivity index (χ0) is 14.7. The van der Waals surface area contributed by atoms with Crippen LogP contribution in [0.1, 0.15) is 19.3 Å². The maximum Gasteiger partial charge on any atom is 0.279 e. The van der Waals surface area contributed by atoms with Gasteiger partial charge in [0.2, 0.25) is 0 Å². The SMILES string of the molecule is O=[N+]([O-])c1cccc(NCCC2CC2)c1-c1ccccc1. The molecule has 1 aliphatic carbocycles. The number of nitro groups is 1. The van der Waals surface area contributed by atoms with Gasteiger partial charge >= 0.3 is 0 Å². The van der Waals surface area contributed by atoms with E-state index in [2.05, 4.69) is 5.32 Å². The van der Waals surface area contributed by atoms with Crippen LogP contribution in [0.25, 0.3) is 11.1 Å². The van der Waals surface area contributed by atoms with Crippen LogP contribution in [0.5, 0.6) is 0 Å². The lowest BCUT2D eigenvalue weighted by Crippen LogP contribution is -2.05. The number of nitrogens with zero attached hydrogens (tertiary/aromatic N) is 1. The van der Waals surface area contributed by atoms with E-state index in [1.165, 1.54) is 12.8 Å². The number of anilines is 1. The highest BCUT2D eigenvalue weighted by atomic mass is 16.6. The molecule has 0 unspecified atom stereocenters. The largest absolute Gasteiger partial charge is 0.384 e. The predicted octanol–water partition coefficient (Wildman–Crippen LogP) is 4.47. The van der Waals surface area contributed by atoms with E-state index in [1.54, 1.807) is 12.1 Å². The van der Waals surface area contributed by atoms with Crippen LogP contribution in [0.2, 0.25) is 0 Å². The van der Waals surface area contributed by atoms with Crippen molar-refractivity contribution in [2.75, 3.05) is 11.9 Å². The fraction of sp³-hybridized carbons (Fsp3) is 0.294. The number of hydrogen-bond acceptors (Lipinski definition) is 3. The number of rotatable bonds is 6. The minimum Gasteiger partial charge on any atom is -0.384 e. The van der Waals surface area contributed by atoms with Crippen molar-refractivity contribution in [2.24, 2.45) is 5.92 Å². The van der Waals surface area contributed by atoms with Crippen LogP contribution < -0.4 is 5.32 Å². The van der Waals surface area contributed by atoms with Crippen molar-refractivity contribution in [1.82, 2.24) is 0 Å². The van der Waals surface area contributed by atoms with E-state index < -0.39 is 0 Å². The van der Waals surface area contributed by atoms with Crippen molar-refractivity contribution in [3.05, 3.63) is 58.6 Å². The Labute approximate surface area is 124 Å². The summed E-state index contributed by atoms with van der Waals surface area (Å²) in [6, 6.07) is 14.8. The molecule has 0 spiro atoms. The molecule has 1 aliphatic rings. The summed E-state index contributed by atoms with van der Waals surface area (Å²) in [6.45, 7) is 0.867. The maximum atomic E-state index is 11.3. The minimum absolute atomic E-state index is 0.151. The van der Waals surface area contributed by atoms with E-state index in [4.69, 9.17) is 0 Å². The number of benzene rings is 2. The van der Waals surface area contributed by atoms with E-state index in [0.29, 0.717) is 5.56 Å². The van der Waals surface area contributed by atoms with Crippen LogP contribution in [-0.2, 0) is 0 Å².